The zero-order valence-corrected chi connectivity index (χ0v) is 20.9. The van der Waals surface area contributed by atoms with E-state index in [0.29, 0.717) is 25.7 Å². The first-order valence-electron chi connectivity index (χ1n) is 12.9. The Morgan fingerprint density at radius 2 is 1.79 bits per heavy atom. The number of aliphatic hydroxyl groups is 5. The summed E-state index contributed by atoms with van der Waals surface area (Å²) in [6, 6.07) is 0. The molecule has 0 aromatic heterocycles. The van der Waals surface area contributed by atoms with E-state index in [2.05, 4.69) is 20.8 Å². The van der Waals surface area contributed by atoms with Crippen molar-refractivity contribution in [3.05, 3.63) is 11.6 Å². The Kier molecular flexibility index (Phi) is 6.23. The highest BCUT2D eigenvalue weighted by molar-refractivity contribution is 5.95. The second kappa shape index (κ2) is 8.12. The van der Waals surface area contributed by atoms with Crippen LogP contribution in [0.25, 0.3) is 0 Å². The number of allylic oxidation sites excluding steroid dienone is 1. The van der Waals surface area contributed by atoms with Crippen LogP contribution in [0.3, 0.4) is 0 Å². The predicted molar refractivity (Wildman–Crippen MR) is 125 cm³/mol. The zero-order valence-electron chi connectivity index (χ0n) is 20.9. The van der Waals surface area contributed by atoms with Gasteiger partial charge in [0, 0.05) is 11.3 Å². The van der Waals surface area contributed by atoms with Gasteiger partial charge in [0.2, 0.25) is 0 Å². The topological polar surface area (TPSA) is 118 Å². The third-order valence-electron chi connectivity index (χ3n) is 10.5. The van der Waals surface area contributed by atoms with Crippen LogP contribution in [0.2, 0.25) is 0 Å². The summed E-state index contributed by atoms with van der Waals surface area (Å²) in [5.41, 5.74) is -2.01. The molecule has 5 N–H and O–H groups in total. The molecular weight excluding hydrogens is 420 g/mol. The van der Waals surface area contributed by atoms with Crippen LogP contribution in [-0.4, -0.2) is 60.8 Å². The molecule has 10 atom stereocenters. The second-order valence-corrected chi connectivity index (χ2v) is 12.9. The number of aliphatic hydroxyl groups excluding tert-OH is 3. The van der Waals surface area contributed by atoms with Crippen molar-refractivity contribution in [2.45, 2.75) is 115 Å². The van der Waals surface area contributed by atoms with Crippen molar-refractivity contribution in [3.63, 3.8) is 0 Å². The van der Waals surface area contributed by atoms with Crippen molar-refractivity contribution >= 4 is 5.78 Å². The highest BCUT2D eigenvalue weighted by atomic mass is 16.3. The van der Waals surface area contributed by atoms with E-state index in [-0.39, 0.29) is 35.9 Å². The normalized spacial score (nSPS) is 47.3. The summed E-state index contributed by atoms with van der Waals surface area (Å²) >= 11 is 0. The number of rotatable bonds is 5. The van der Waals surface area contributed by atoms with Crippen LogP contribution < -0.4 is 0 Å². The lowest BCUT2D eigenvalue weighted by molar-refractivity contribution is -0.154. The fraction of sp³-hybridized carbons (Fsp3) is 0.889. The Morgan fingerprint density at radius 1 is 1.12 bits per heavy atom. The Labute approximate surface area is 198 Å². The summed E-state index contributed by atoms with van der Waals surface area (Å²) in [4.78, 5) is 13.2. The predicted octanol–water partition coefficient (Wildman–Crippen LogP) is 2.74. The molecule has 33 heavy (non-hydrogen) atoms. The Hall–Kier alpha value is -0.790. The van der Waals surface area contributed by atoms with Gasteiger partial charge in [0.15, 0.2) is 5.78 Å². The first-order valence-corrected chi connectivity index (χ1v) is 12.9. The lowest BCUT2D eigenvalue weighted by atomic mass is 9.46. The van der Waals surface area contributed by atoms with Crippen LogP contribution in [0.15, 0.2) is 11.6 Å². The molecule has 0 aromatic rings. The second-order valence-electron chi connectivity index (χ2n) is 12.9. The highest BCUT2D eigenvalue weighted by Crippen LogP contribution is 2.68. The first-order chi connectivity index (χ1) is 15.1. The van der Waals surface area contributed by atoms with Crippen molar-refractivity contribution in [1.29, 1.82) is 0 Å². The molecule has 0 bridgehead atoms. The number of carbonyl (C=O) groups is 1. The van der Waals surface area contributed by atoms with Gasteiger partial charge >= 0.3 is 0 Å². The molecule has 4 rings (SSSR count). The summed E-state index contributed by atoms with van der Waals surface area (Å²) < 4.78 is 0. The Morgan fingerprint density at radius 3 is 2.42 bits per heavy atom. The van der Waals surface area contributed by atoms with Gasteiger partial charge in [-0.1, -0.05) is 20.8 Å². The molecule has 0 heterocycles. The standard InChI is InChI=1S/C27H44O6/c1-15(20(28)8-9-24(2,3)32)16-7-11-27(33)18-12-21(29)19-13-22(30)23(31)14-25(19,4)17(18)6-10-26(16,27)5/h12,15-17,19-20,22-23,28,30-33H,6-11,13-14H2,1-5H3/t15-,16+,17+,19-,20-,22+,23-,25+,26+,27?/m0/s1. The Bertz CT molecular complexity index is 816. The van der Waals surface area contributed by atoms with Crippen LogP contribution in [-0.2, 0) is 4.79 Å². The van der Waals surface area contributed by atoms with E-state index in [1.807, 2.05) is 0 Å². The molecule has 0 aliphatic heterocycles. The smallest absolute Gasteiger partial charge is 0.159 e. The number of ketones is 1. The molecule has 0 radical (unpaired) electrons. The maximum Gasteiger partial charge on any atom is 0.159 e. The average molecular weight is 465 g/mol. The van der Waals surface area contributed by atoms with Crippen LogP contribution in [0.5, 0.6) is 0 Å². The molecule has 0 aromatic carbocycles. The molecule has 0 spiro atoms. The monoisotopic (exact) mass is 464 g/mol. The number of carbonyl (C=O) groups excluding carboxylic acids is 1. The molecule has 188 valence electrons. The SMILES string of the molecule is C[C@@H]([C@H]1CCC2(O)C3=CC(=O)[C@@H]4C[C@@H](O)[C@@H](O)C[C@]4(C)[C@@H]3CC[C@]12C)[C@@H](O)CCC(C)(C)O. The highest BCUT2D eigenvalue weighted by Gasteiger charge is 2.67. The summed E-state index contributed by atoms with van der Waals surface area (Å²) in [5, 5.41) is 53.9. The number of hydrogen-bond acceptors (Lipinski definition) is 6. The first kappa shape index (κ1) is 25.3. The molecule has 3 fully saturated rings. The summed E-state index contributed by atoms with van der Waals surface area (Å²) in [6.45, 7) is 9.74. The molecule has 6 nitrogen and oxygen atoms in total. The third kappa shape index (κ3) is 3.85. The Balaban J connectivity index is 1.62. The van der Waals surface area contributed by atoms with E-state index in [4.69, 9.17) is 0 Å². The average Bonchev–Trinajstić information content (AvgIpc) is 2.99. The maximum atomic E-state index is 13.2. The molecule has 0 amide bonds. The molecule has 4 aliphatic rings. The fourth-order valence-electron chi connectivity index (χ4n) is 8.29. The third-order valence-corrected chi connectivity index (χ3v) is 10.5. The maximum absolute atomic E-state index is 13.2. The molecule has 3 saturated carbocycles. The van der Waals surface area contributed by atoms with Gasteiger partial charge in [-0.15, -0.1) is 0 Å². The van der Waals surface area contributed by atoms with Gasteiger partial charge in [0.05, 0.1) is 29.5 Å². The largest absolute Gasteiger partial charge is 0.393 e. The lowest BCUT2D eigenvalue weighted by Gasteiger charge is -2.60. The number of hydrogen-bond donors (Lipinski definition) is 5. The minimum Gasteiger partial charge on any atom is -0.393 e. The molecule has 4 aliphatic carbocycles. The van der Waals surface area contributed by atoms with Crippen LogP contribution >= 0.6 is 0 Å². The van der Waals surface area contributed by atoms with Crippen molar-refractivity contribution in [1.82, 2.24) is 0 Å². The van der Waals surface area contributed by atoms with Gasteiger partial charge in [-0.05, 0) is 100 Å². The quantitative estimate of drug-likeness (QED) is 0.427. The van der Waals surface area contributed by atoms with E-state index in [9.17, 15) is 30.3 Å². The molecule has 0 saturated heterocycles. The summed E-state index contributed by atoms with van der Waals surface area (Å²) in [6.07, 6.45) is 4.06. The zero-order chi connectivity index (χ0) is 24.6. The van der Waals surface area contributed by atoms with E-state index in [1.165, 1.54) is 0 Å². The van der Waals surface area contributed by atoms with E-state index in [0.717, 1.165) is 24.8 Å². The minimum atomic E-state index is -1.10. The van der Waals surface area contributed by atoms with Gasteiger partial charge in [-0.2, -0.15) is 0 Å². The van der Waals surface area contributed by atoms with Crippen molar-refractivity contribution in [2.75, 3.05) is 0 Å². The van der Waals surface area contributed by atoms with Gasteiger partial charge in [-0.3, -0.25) is 4.79 Å². The van der Waals surface area contributed by atoms with Crippen molar-refractivity contribution in [2.24, 2.45) is 34.5 Å². The van der Waals surface area contributed by atoms with Crippen molar-refractivity contribution in [3.8, 4) is 0 Å². The van der Waals surface area contributed by atoms with E-state index < -0.39 is 40.3 Å². The number of fused-ring (bicyclic) bond motifs is 5. The van der Waals surface area contributed by atoms with Gasteiger partial charge in [-0.25, -0.2) is 0 Å². The molecule has 1 unspecified atom stereocenters. The summed E-state index contributed by atoms with van der Waals surface area (Å²) in [7, 11) is 0. The van der Waals surface area contributed by atoms with Gasteiger partial charge in [0.25, 0.3) is 0 Å². The van der Waals surface area contributed by atoms with E-state index in [1.54, 1.807) is 19.9 Å². The van der Waals surface area contributed by atoms with Crippen molar-refractivity contribution < 1.29 is 30.3 Å². The molecule has 6 heteroatoms. The fourth-order valence-corrected chi connectivity index (χ4v) is 8.29. The van der Waals surface area contributed by atoms with Gasteiger partial charge < -0.3 is 25.5 Å². The lowest BCUT2D eigenvalue weighted by Crippen LogP contribution is -2.61. The van der Waals surface area contributed by atoms with Crippen LogP contribution in [0.4, 0.5) is 0 Å². The van der Waals surface area contributed by atoms with E-state index >= 15 is 0 Å². The van der Waals surface area contributed by atoms with Crippen LogP contribution in [0, 0.1) is 34.5 Å². The minimum absolute atomic E-state index is 0.00888. The summed E-state index contributed by atoms with van der Waals surface area (Å²) in [5.74, 6) is -0.264. The molecular formula is C27H44O6. The van der Waals surface area contributed by atoms with Gasteiger partial charge in [0.1, 0.15) is 0 Å². The van der Waals surface area contributed by atoms with Crippen LogP contribution in [0.1, 0.15) is 86.0 Å².